The van der Waals surface area contributed by atoms with Crippen molar-refractivity contribution in [2.75, 3.05) is 26.3 Å². The van der Waals surface area contributed by atoms with Crippen molar-refractivity contribution >= 4 is 11.7 Å². The van der Waals surface area contributed by atoms with Crippen LogP contribution in [-0.2, 0) is 14.3 Å². The summed E-state index contributed by atoms with van der Waals surface area (Å²) in [5.74, 6) is -0.359. The van der Waals surface area contributed by atoms with Crippen molar-refractivity contribution in [1.82, 2.24) is 9.80 Å². The van der Waals surface area contributed by atoms with Crippen LogP contribution in [0.5, 0.6) is 0 Å². The van der Waals surface area contributed by atoms with Crippen LogP contribution < -0.4 is 0 Å². The largest absolute Gasteiger partial charge is 0.388 e. The summed E-state index contributed by atoms with van der Waals surface area (Å²) in [6.45, 7) is 2.98. The molecule has 0 aromatic carbocycles. The minimum atomic E-state index is -0.513. The van der Waals surface area contributed by atoms with E-state index in [0.29, 0.717) is 13.2 Å². The Hall–Kier alpha value is -1.40. The molecule has 2 rings (SSSR count). The highest BCUT2D eigenvalue weighted by molar-refractivity contribution is 5.90. The van der Waals surface area contributed by atoms with Gasteiger partial charge in [0.05, 0.1) is 19.7 Å². The van der Waals surface area contributed by atoms with Crippen molar-refractivity contribution < 1.29 is 19.4 Å². The zero-order chi connectivity index (χ0) is 13.1. The number of amides is 1. The van der Waals surface area contributed by atoms with Crippen molar-refractivity contribution in [2.45, 2.75) is 25.6 Å². The van der Waals surface area contributed by atoms with E-state index in [4.69, 9.17) is 9.84 Å². The second kappa shape index (κ2) is 5.49. The van der Waals surface area contributed by atoms with Crippen LogP contribution in [0.15, 0.2) is 12.3 Å². The molecule has 6 nitrogen and oxygen atoms in total. The van der Waals surface area contributed by atoms with E-state index in [1.54, 1.807) is 16.0 Å². The monoisotopic (exact) mass is 254 g/mol. The molecule has 0 aromatic heterocycles. The minimum Gasteiger partial charge on any atom is -0.388 e. The van der Waals surface area contributed by atoms with Gasteiger partial charge in [-0.15, -0.1) is 0 Å². The summed E-state index contributed by atoms with van der Waals surface area (Å²) in [6.07, 6.45) is 3.47. The summed E-state index contributed by atoms with van der Waals surface area (Å²) in [5, 5.41) is 8.62. The summed E-state index contributed by atoms with van der Waals surface area (Å²) in [5.41, 5.74) is 0. The number of nitrogens with zero attached hydrogens (tertiary/aromatic N) is 2. The van der Waals surface area contributed by atoms with E-state index in [0.717, 1.165) is 6.42 Å². The van der Waals surface area contributed by atoms with Crippen LogP contribution in [0, 0.1) is 0 Å². The Morgan fingerprint density at radius 1 is 1.61 bits per heavy atom. The SMILES string of the molecule is C[C@@H]1CCO[C@H]2CN(/C=C/C(=O)CO)CC(=O)N12. The molecule has 2 fully saturated rings. The lowest BCUT2D eigenvalue weighted by Gasteiger charge is -2.46. The summed E-state index contributed by atoms with van der Waals surface area (Å²) in [6, 6.07) is 0.210. The first kappa shape index (κ1) is 13.0. The van der Waals surface area contributed by atoms with E-state index in [2.05, 4.69) is 0 Å². The first-order valence-corrected chi connectivity index (χ1v) is 6.10. The highest BCUT2D eigenvalue weighted by Crippen LogP contribution is 2.22. The number of rotatable bonds is 3. The number of aliphatic hydroxyl groups excluding tert-OH is 1. The minimum absolute atomic E-state index is 0.0135. The van der Waals surface area contributed by atoms with Gasteiger partial charge in [0, 0.05) is 12.2 Å². The summed E-state index contributed by atoms with van der Waals surface area (Å²) >= 11 is 0. The summed E-state index contributed by atoms with van der Waals surface area (Å²) in [4.78, 5) is 26.5. The number of carbonyl (C=O) groups excluding carboxylic acids is 2. The predicted octanol–water partition coefficient (Wildman–Crippen LogP) is -0.659. The molecule has 1 N–H and O–H groups in total. The fraction of sp³-hybridized carbons (Fsp3) is 0.667. The van der Waals surface area contributed by atoms with Gasteiger partial charge in [-0.05, 0) is 19.4 Å². The Balaban J connectivity index is 2.01. The molecule has 0 aliphatic carbocycles. The van der Waals surface area contributed by atoms with Crippen LogP contribution in [0.4, 0.5) is 0 Å². The number of ether oxygens (including phenoxy) is 1. The molecule has 18 heavy (non-hydrogen) atoms. The predicted molar refractivity (Wildman–Crippen MR) is 63.5 cm³/mol. The Morgan fingerprint density at radius 3 is 3.11 bits per heavy atom. The summed E-state index contributed by atoms with van der Waals surface area (Å²) in [7, 11) is 0. The van der Waals surface area contributed by atoms with Crippen LogP contribution in [0.1, 0.15) is 13.3 Å². The standard InChI is InChI=1S/C12H18N2O4/c1-9-3-5-18-12-7-13(4-2-10(16)8-15)6-11(17)14(9)12/h2,4,9,12,15H,3,5-8H2,1H3/b4-2+/t9-,12+/m1/s1. The van der Waals surface area contributed by atoms with Crippen molar-refractivity contribution in [3.63, 3.8) is 0 Å². The van der Waals surface area contributed by atoms with Gasteiger partial charge in [0.1, 0.15) is 12.8 Å². The molecular weight excluding hydrogens is 236 g/mol. The molecule has 0 saturated carbocycles. The van der Waals surface area contributed by atoms with Gasteiger partial charge in [0.25, 0.3) is 0 Å². The lowest BCUT2D eigenvalue weighted by molar-refractivity contribution is -0.175. The molecule has 0 aromatic rings. The molecule has 6 heteroatoms. The maximum atomic E-state index is 12.0. The normalized spacial score (nSPS) is 28.7. The molecule has 0 spiro atoms. The molecule has 2 aliphatic rings. The average Bonchev–Trinajstić information content (AvgIpc) is 2.35. The first-order valence-electron chi connectivity index (χ1n) is 6.10. The third-order valence-corrected chi connectivity index (χ3v) is 3.28. The van der Waals surface area contributed by atoms with Crippen molar-refractivity contribution in [3.8, 4) is 0 Å². The lowest BCUT2D eigenvalue weighted by atomic mass is 10.1. The Labute approximate surface area is 106 Å². The van der Waals surface area contributed by atoms with Gasteiger partial charge in [0.2, 0.25) is 5.91 Å². The van der Waals surface area contributed by atoms with Crippen LogP contribution in [0.25, 0.3) is 0 Å². The second-order valence-electron chi connectivity index (χ2n) is 4.63. The number of aliphatic hydroxyl groups is 1. The Bertz CT molecular complexity index is 369. The fourth-order valence-corrected chi connectivity index (χ4v) is 2.30. The lowest BCUT2D eigenvalue weighted by Crippen LogP contribution is -2.61. The maximum absolute atomic E-state index is 12.0. The van der Waals surface area contributed by atoms with E-state index in [9.17, 15) is 9.59 Å². The van der Waals surface area contributed by atoms with Crippen LogP contribution in [-0.4, -0.2) is 65.2 Å². The molecule has 2 heterocycles. The molecular formula is C12H18N2O4. The van der Waals surface area contributed by atoms with Crippen molar-refractivity contribution in [3.05, 3.63) is 12.3 Å². The number of hydrogen-bond donors (Lipinski definition) is 1. The van der Waals surface area contributed by atoms with Crippen LogP contribution >= 0.6 is 0 Å². The highest BCUT2D eigenvalue weighted by Gasteiger charge is 2.37. The van der Waals surface area contributed by atoms with Crippen LogP contribution in [0.2, 0.25) is 0 Å². The van der Waals surface area contributed by atoms with Gasteiger partial charge in [-0.3, -0.25) is 9.59 Å². The smallest absolute Gasteiger partial charge is 0.244 e. The van der Waals surface area contributed by atoms with Gasteiger partial charge < -0.3 is 19.6 Å². The van der Waals surface area contributed by atoms with Gasteiger partial charge in [-0.2, -0.15) is 0 Å². The first-order chi connectivity index (χ1) is 8.61. The molecule has 0 bridgehead atoms. The number of carbonyl (C=O) groups is 2. The zero-order valence-corrected chi connectivity index (χ0v) is 10.4. The van der Waals surface area contributed by atoms with Crippen molar-refractivity contribution in [2.24, 2.45) is 0 Å². The molecule has 2 atom stereocenters. The molecule has 0 unspecified atom stereocenters. The van der Waals surface area contributed by atoms with Crippen LogP contribution in [0.3, 0.4) is 0 Å². The highest BCUT2D eigenvalue weighted by atomic mass is 16.5. The van der Waals surface area contributed by atoms with E-state index >= 15 is 0 Å². The number of ketones is 1. The van der Waals surface area contributed by atoms with E-state index in [1.165, 1.54) is 6.08 Å². The average molecular weight is 254 g/mol. The number of piperazine rings is 1. The zero-order valence-electron chi connectivity index (χ0n) is 10.4. The van der Waals surface area contributed by atoms with Gasteiger partial charge in [-0.1, -0.05) is 0 Å². The van der Waals surface area contributed by atoms with E-state index in [-0.39, 0.29) is 30.5 Å². The van der Waals surface area contributed by atoms with E-state index in [1.807, 2.05) is 6.92 Å². The molecule has 0 radical (unpaired) electrons. The Kier molecular flexibility index (Phi) is 3.98. The maximum Gasteiger partial charge on any atom is 0.244 e. The topological polar surface area (TPSA) is 70.1 Å². The van der Waals surface area contributed by atoms with E-state index < -0.39 is 6.61 Å². The molecule has 2 aliphatic heterocycles. The Morgan fingerprint density at radius 2 is 2.39 bits per heavy atom. The molecule has 1 amide bonds. The molecule has 2 saturated heterocycles. The van der Waals surface area contributed by atoms with Crippen molar-refractivity contribution in [1.29, 1.82) is 0 Å². The summed E-state index contributed by atoms with van der Waals surface area (Å²) < 4.78 is 5.58. The van der Waals surface area contributed by atoms with Gasteiger partial charge >= 0.3 is 0 Å². The number of fused-ring (bicyclic) bond motifs is 1. The van der Waals surface area contributed by atoms with Gasteiger partial charge in [-0.25, -0.2) is 0 Å². The quantitative estimate of drug-likeness (QED) is 0.677. The van der Waals surface area contributed by atoms with Gasteiger partial charge in [0.15, 0.2) is 5.78 Å². The fourth-order valence-electron chi connectivity index (χ4n) is 2.30. The third-order valence-electron chi connectivity index (χ3n) is 3.28. The molecule has 100 valence electrons. The number of hydrogen-bond acceptors (Lipinski definition) is 5. The second-order valence-corrected chi connectivity index (χ2v) is 4.63. The third kappa shape index (κ3) is 2.70.